The Kier molecular flexibility index (Phi) is 5.34. The minimum absolute atomic E-state index is 0.280. The van der Waals surface area contributed by atoms with Crippen molar-refractivity contribution >= 4 is 10.9 Å². The van der Waals surface area contributed by atoms with E-state index in [4.69, 9.17) is 4.74 Å². The van der Waals surface area contributed by atoms with Crippen LogP contribution in [-0.2, 0) is 17.3 Å². The number of aromatic amines is 1. The van der Waals surface area contributed by atoms with Gasteiger partial charge in [-0.3, -0.25) is 0 Å². The van der Waals surface area contributed by atoms with E-state index in [2.05, 4.69) is 16.8 Å². The average molecular weight is 421 g/mol. The molecule has 1 aliphatic carbocycles. The molecule has 6 heteroatoms. The van der Waals surface area contributed by atoms with Crippen LogP contribution in [0, 0.1) is 17.8 Å². The number of H-pyrrole nitrogens is 1. The maximum absolute atomic E-state index is 13.3. The third-order valence-corrected chi connectivity index (χ3v) is 7.90. The number of rotatable bonds is 3. The van der Waals surface area contributed by atoms with Crippen molar-refractivity contribution < 1.29 is 17.9 Å². The molecule has 2 fully saturated rings. The molecule has 0 unspecified atom stereocenters. The lowest BCUT2D eigenvalue weighted by Gasteiger charge is -2.45. The number of hydrogen-bond donors (Lipinski definition) is 1. The van der Waals surface area contributed by atoms with Crippen molar-refractivity contribution in [3.05, 3.63) is 35.0 Å². The topological polar surface area (TPSA) is 28.3 Å². The van der Waals surface area contributed by atoms with Crippen LogP contribution in [0.4, 0.5) is 13.2 Å². The van der Waals surface area contributed by atoms with Crippen LogP contribution in [0.3, 0.4) is 0 Å². The van der Waals surface area contributed by atoms with E-state index < -0.39 is 11.7 Å². The molecule has 1 aromatic heterocycles. The fourth-order valence-corrected chi connectivity index (χ4v) is 6.13. The molecule has 3 nitrogen and oxygen atoms in total. The number of alkyl halides is 3. The fraction of sp³-hybridized carbons (Fsp3) is 0.667. The molecule has 2 aromatic rings. The number of halogens is 3. The molecule has 0 radical (unpaired) electrons. The fourth-order valence-electron chi connectivity index (χ4n) is 6.13. The van der Waals surface area contributed by atoms with Crippen LogP contribution < -0.4 is 0 Å². The highest BCUT2D eigenvalue weighted by molar-refractivity contribution is 5.86. The zero-order valence-electron chi connectivity index (χ0n) is 17.6. The minimum Gasteiger partial charge on any atom is -0.381 e. The van der Waals surface area contributed by atoms with E-state index >= 15 is 0 Å². The van der Waals surface area contributed by atoms with Crippen LogP contribution in [0.2, 0.25) is 0 Å². The van der Waals surface area contributed by atoms with Crippen molar-refractivity contribution in [3.8, 4) is 0 Å². The first-order valence-electron chi connectivity index (χ1n) is 11.4. The van der Waals surface area contributed by atoms with Gasteiger partial charge in [0.15, 0.2) is 0 Å². The second-order valence-electron chi connectivity index (χ2n) is 9.63. The number of fused-ring (bicyclic) bond motifs is 4. The predicted octanol–water partition coefficient (Wildman–Crippen LogP) is 5.60. The molecule has 164 valence electrons. The van der Waals surface area contributed by atoms with Crippen molar-refractivity contribution in [1.29, 1.82) is 0 Å². The molecule has 3 heterocycles. The number of piperidine rings is 1. The van der Waals surface area contributed by atoms with Gasteiger partial charge in [-0.25, -0.2) is 0 Å². The van der Waals surface area contributed by atoms with E-state index in [1.165, 1.54) is 37.8 Å². The van der Waals surface area contributed by atoms with Gasteiger partial charge in [-0.1, -0.05) is 6.92 Å². The van der Waals surface area contributed by atoms with Gasteiger partial charge in [0.25, 0.3) is 0 Å². The third kappa shape index (κ3) is 3.77. The summed E-state index contributed by atoms with van der Waals surface area (Å²) in [6.07, 6.45) is 1.44. The van der Waals surface area contributed by atoms with Crippen LogP contribution in [0.25, 0.3) is 10.9 Å². The summed E-state index contributed by atoms with van der Waals surface area (Å²) in [6.45, 7) is 7.38. The summed E-state index contributed by atoms with van der Waals surface area (Å²) >= 11 is 0. The number of hydrogen-bond acceptors (Lipinski definition) is 2. The van der Waals surface area contributed by atoms with Crippen LogP contribution in [-0.4, -0.2) is 42.7 Å². The highest BCUT2D eigenvalue weighted by atomic mass is 19.4. The normalized spacial score (nSPS) is 28.5. The number of ether oxygens (including phenoxy) is 1. The van der Waals surface area contributed by atoms with Gasteiger partial charge in [0.05, 0.1) is 5.56 Å². The summed E-state index contributed by atoms with van der Waals surface area (Å²) in [4.78, 5) is 6.05. The van der Waals surface area contributed by atoms with Crippen molar-refractivity contribution in [2.45, 2.75) is 51.1 Å². The monoisotopic (exact) mass is 420 g/mol. The number of aromatic nitrogens is 1. The van der Waals surface area contributed by atoms with Gasteiger partial charge >= 0.3 is 6.18 Å². The maximum atomic E-state index is 13.3. The Morgan fingerprint density at radius 2 is 1.97 bits per heavy atom. The molecule has 3 aliphatic rings. The van der Waals surface area contributed by atoms with E-state index in [1.807, 2.05) is 0 Å². The smallest absolute Gasteiger partial charge is 0.381 e. The average Bonchev–Trinajstić information content (AvgIpc) is 3.10. The molecule has 2 aliphatic heterocycles. The standard InChI is InChI=1S/C24H31F3N2O/c1-15-20-14-29(8-4-16-6-10-30-11-7-16)9-5-17(20)12-22-23(15)19-13-18(24(25,26)27)2-3-21(19)28-22/h2-3,13,15-17,20,28H,4-12,14H2,1H3/t15-,17-,20-/m1/s1. The van der Waals surface area contributed by atoms with Crippen molar-refractivity contribution in [3.63, 3.8) is 0 Å². The zero-order valence-corrected chi connectivity index (χ0v) is 17.6. The lowest BCUT2D eigenvalue weighted by Crippen LogP contribution is -2.45. The molecular formula is C24H31F3N2O. The van der Waals surface area contributed by atoms with Gasteiger partial charge in [-0.05, 0) is 92.6 Å². The second kappa shape index (κ2) is 7.86. The van der Waals surface area contributed by atoms with E-state index in [9.17, 15) is 13.2 Å². The summed E-state index contributed by atoms with van der Waals surface area (Å²) in [5, 5.41) is 0.769. The molecule has 5 rings (SSSR count). The Labute approximate surface area is 176 Å². The highest BCUT2D eigenvalue weighted by Gasteiger charge is 2.40. The molecule has 0 bridgehead atoms. The summed E-state index contributed by atoms with van der Waals surface area (Å²) in [5.74, 6) is 2.21. The molecule has 0 saturated carbocycles. The summed E-state index contributed by atoms with van der Waals surface area (Å²) < 4.78 is 45.3. The van der Waals surface area contributed by atoms with Gasteiger partial charge in [-0.15, -0.1) is 0 Å². The molecule has 2 saturated heterocycles. The molecular weight excluding hydrogens is 389 g/mol. The van der Waals surface area contributed by atoms with Gasteiger partial charge in [0, 0.05) is 36.4 Å². The van der Waals surface area contributed by atoms with Crippen LogP contribution in [0.1, 0.15) is 55.3 Å². The summed E-state index contributed by atoms with van der Waals surface area (Å²) in [6, 6.07) is 4.15. The van der Waals surface area contributed by atoms with Gasteiger partial charge in [-0.2, -0.15) is 13.2 Å². The van der Waals surface area contributed by atoms with Crippen molar-refractivity contribution in [2.24, 2.45) is 17.8 Å². The minimum atomic E-state index is -4.30. The first kappa shape index (κ1) is 20.4. The predicted molar refractivity (Wildman–Crippen MR) is 112 cm³/mol. The van der Waals surface area contributed by atoms with Crippen LogP contribution in [0.15, 0.2) is 18.2 Å². The van der Waals surface area contributed by atoms with E-state index in [0.717, 1.165) is 67.3 Å². The van der Waals surface area contributed by atoms with Crippen LogP contribution in [0.5, 0.6) is 0 Å². The quantitative estimate of drug-likeness (QED) is 0.700. The Hall–Kier alpha value is -1.53. The Morgan fingerprint density at radius 1 is 1.17 bits per heavy atom. The van der Waals surface area contributed by atoms with Crippen LogP contribution >= 0.6 is 0 Å². The SMILES string of the molecule is C[C@H]1c2c([nH]c3ccc(C(F)(F)F)cc23)C[C@H]2CCN(CCC3CCOCC3)C[C@@H]21. The zero-order chi connectivity index (χ0) is 20.9. The Bertz CT molecular complexity index is 900. The maximum Gasteiger partial charge on any atom is 0.416 e. The molecule has 3 atom stereocenters. The van der Waals surface area contributed by atoms with E-state index in [-0.39, 0.29) is 5.92 Å². The first-order valence-corrected chi connectivity index (χ1v) is 11.4. The van der Waals surface area contributed by atoms with Gasteiger partial charge < -0.3 is 14.6 Å². The van der Waals surface area contributed by atoms with E-state index in [1.54, 1.807) is 6.07 Å². The number of nitrogens with one attached hydrogen (secondary N) is 1. The largest absolute Gasteiger partial charge is 0.416 e. The third-order valence-electron chi connectivity index (χ3n) is 7.90. The number of nitrogens with zero attached hydrogens (tertiary/aromatic N) is 1. The molecule has 1 N–H and O–H groups in total. The number of likely N-dealkylation sites (tertiary alicyclic amines) is 1. The van der Waals surface area contributed by atoms with E-state index in [0.29, 0.717) is 11.8 Å². The highest BCUT2D eigenvalue weighted by Crippen LogP contribution is 2.47. The van der Waals surface area contributed by atoms with Crippen molar-refractivity contribution in [2.75, 3.05) is 32.8 Å². The molecule has 0 amide bonds. The van der Waals surface area contributed by atoms with Crippen molar-refractivity contribution in [1.82, 2.24) is 9.88 Å². The molecule has 30 heavy (non-hydrogen) atoms. The second-order valence-corrected chi connectivity index (χ2v) is 9.63. The lowest BCUT2D eigenvalue weighted by atomic mass is 9.68. The molecule has 1 aromatic carbocycles. The Morgan fingerprint density at radius 3 is 2.73 bits per heavy atom. The van der Waals surface area contributed by atoms with Gasteiger partial charge in [0.2, 0.25) is 0 Å². The summed E-state index contributed by atoms with van der Waals surface area (Å²) in [5.41, 5.74) is 2.58. The number of benzene rings is 1. The first-order chi connectivity index (χ1) is 14.4. The molecule has 0 spiro atoms. The Balaban J connectivity index is 1.35. The summed E-state index contributed by atoms with van der Waals surface area (Å²) in [7, 11) is 0. The lowest BCUT2D eigenvalue weighted by molar-refractivity contribution is -0.137. The van der Waals surface area contributed by atoms with Gasteiger partial charge in [0.1, 0.15) is 0 Å².